The fourth-order valence-electron chi connectivity index (χ4n) is 2.21. The van der Waals surface area contributed by atoms with Crippen LogP contribution < -0.4 is 4.90 Å². The third kappa shape index (κ3) is 4.09. The van der Waals surface area contributed by atoms with E-state index in [2.05, 4.69) is 4.98 Å². The molecular weight excluding hydrogens is 297 g/mol. The lowest BCUT2D eigenvalue weighted by atomic mass is 10.2. The van der Waals surface area contributed by atoms with E-state index in [-0.39, 0.29) is 5.91 Å². The third-order valence-electron chi connectivity index (χ3n) is 3.63. The first kappa shape index (κ1) is 16.5. The quantitative estimate of drug-likeness (QED) is 0.843. The van der Waals surface area contributed by atoms with Gasteiger partial charge in [-0.2, -0.15) is 13.2 Å². The lowest BCUT2D eigenvalue weighted by Gasteiger charge is -2.35. The van der Waals surface area contributed by atoms with Gasteiger partial charge in [0.1, 0.15) is 5.82 Å². The molecule has 0 aromatic carbocycles. The SMILES string of the molecule is CN(C)C(=O)CN1CCN(c2ccc(C(F)(F)F)cn2)CC1. The fraction of sp³-hybridized carbons (Fsp3) is 0.571. The molecule has 1 fully saturated rings. The average Bonchev–Trinajstić information content (AvgIpc) is 2.47. The molecule has 122 valence electrons. The summed E-state index contributed by atoms with van der Waals surface area (Å²) in [7, 11) is 3.43. The highest BCUT2D eigenvalue weighted by Gasteiger charge is 2.31. The number of halogens is 3. The van der Waals surface area contributed by atoms with Crippen molar-refractivity contribution in [1.82, 2.24) is 14.8 Å². The molecule has 0 radical (unpaired) electrons. The highest BCUT2D eigenvalue weighted by Crippen LogP contribution is 2.29. The third-order valence-corrected chi connectivity index (χ3v) is 3.63. The Labute approximate surface area is 127 Å². The zero-order valence-electron chi connectivity index (χ0n) is 12.6. The van der Waals surface area contributed by atoms with E-state index in [0.717, 1.165) is 12.3 Å². The van der Waals surface area contributed by atoms with Crippen molar-refractivity contribution in [2.24, 2.45) is 0 Å². The second-order valence-electron chi connectivity index (χ2n) is 5.45. The molecule has 1 amide bonds. The summed E-state index contributed by atoms with van der Waals surface area (Å²) in [5.41, 5.74) is -0.744. The molecule has 0 atom stereocenters. The summed E-state index contributed by atoms with van der Waals surface area (Å²) in [6, 6.07) is 2.44. The Morgan fingerprint density at radius 3 is 2.32 bits per heavy atom. The monoisotopic (exact) mass is 316 g/mol. The molecular formula is C14H19F3N4O. The van der Waals surface area contributed by atoms with Gasteiger partial charge in [-0.05, 0) is 12.1 Å². The van der Waals surface area contributed by atoms with Gasteiger partial charge in [0.2, 0.25) is 5.91 Å². The number of alkyl halides is 3. The van der Waals surface area contributed by atoms with Gasteiger partial charge in [0.25, 0.3) is 0 Å². The maximum absolute atomic E-state index is 12.5. The molecule has 1 aromatic rings. The Balaban J connectivity index is 1.90. The number of amides is 1. The summed E-state index contributed by atoms with van der Waals surface area (Å²) < 4.78 is 37.5. The minimum atomic E-state index is -4.36. The van der Waals surface area contributed by atoms with Gasteiger partial charge in [0.05, 0.1) is 12.1 Å². The molecule has 2 heterocycles. The molecule has 0 bridgehead atoms. The van der Waals surface area contributed by atoms with Crippen LogP contribution in [-0.2, 0) is 11.0 Å². The zero-order chi connectivity index (χ0) is 16.3. The molecule has 2 rings (SSSR count). The van der Waals surface area contributed by atoms with E-state index >= 15 is 0 Å². The van der Waals surface area contributed by atoms with Crippen molar-refractivity contribution in [3.8, 4) is 0 Å². The van der Waals surface area contributed by atoms with Crippen LogP contribution in [0, 0.1) is 0 Å². The van der Waals surface area contributed by atoms with Crippen molar-refractivity contribution in [2.75, 3.05) is 51.7 Å². The number of nitrogens with zero attached hydrogens (tertiary/aromatic N) is 4. The van der Waals surface area contributed by atoms with Gasteiger partial charge in [0, 0.05) is 46.5 Å². The molecule has 5 nitrogen and oxygen atoms in total. The van der Waals surface area contributed by atoms with Crippen LogP contribution in [-0.4, -0.2) is 67.5 Å². The van der Waals surface area contributed by atoms with Crippen LogP contribution in [0.25, 0.3) is 0 Å². The second kappa shape index (κ2) is 6.51. The van der Waals surface area contributed by atoms with E-state index in [9.17, 15) is 18.0 Å². The van der Waals surface area contributed by atoms with Crippen LogP contribution in [0.15, 0.2) is 18.3 Å². The predicted octanol–water partition coefficient (Wildman–Crippen LogP) is 1.31. The van der Waals surface area contributed by atoms with E-state index in [1.807, 2.05) is 9.80 Å². The highest BCUT2D eigenvalue weighted by atomic mass is 19.4. The molecule has 22 heavy (non-hydrogen) atoms. The number of aromatic nitrogens is 1. The number of pyridine rings is 1. The Hall–Kier alpha value is -1.83. The Bertz CT molecular complexity index is 508. The maximum Gasteiger partial charge on any atom is 0.417 e. The average molecular weight is 316 g/mol. The van der Waals surface area contributed by atoms with Crippen molar-refractivity contribution in [3.63, 3.8) is 0 Å². The van der Waals surface area contributed by atoms with Crippen molar-refractivity contribution < 1.29 is 18.0 Å². The fourth-order valence-corrected chi connectivity index (χ4v) is 2.21. The Kier molecular flexibility index (Phi) is 4.90. The number of hydrogen-bond donors (Lipinski definition) is 0. The van der Waals surface area contributed by atoms with E-state index < -0.39 is 11.7 Å². The van der Waals surface area contributed by atoms with Crippen molar-refractivity contribution in [3.05, 3.63) is 23.9 Å². The summed E-state index contributed by atoms with van der Waals surface area (Å²) in [5.74, 6) is 0.577. The molecule has 1 aliphatic heterocycles. The van der Waals surface area contributed by atoms with Crippen molar-refractivity contribution >= 4 is 11.7 Å². The molecule has 8 heteroatoms. The number of piperazine rings is 1. The molecule has 0 saturated carbocycles. The van der Waals surface area contributed by atoms with Gasteiger partial charge in [-0.3, -0.25) is 9.69 Å². The topological polar surface area (TPSA) is 39.7 Å². The number of carbonyl (C=O) groups is 1. The van der Waals surface area contributed by atoms with Crippen LogP contribution in [0.1, 0.15) is 5.56 Å². The van der Waals surface area contributed by atoms with E-state index in [1.165, 1.54) is 6.07 Å². The first-order chi connectivity index (χ1) is 10.3. The van der Waals surface area contributed by atoms with Crippen LogP contribution >= 0.6 is 0 Å². The highest BCUT2D eigenvalue weighted by molar-refractivity contribution is 5.77. The molecule has 1 saturated heterocycles. The normalized spacial score (nSPS) is 16.7. The summed E-state index contributed by atoms with van der Waals surface area (Å²) >= 11 is 0. The first-order valence-electron chi connectivity index (χ1n) is 6.98. The summed E-state index contributed by atoms with van der Waals surface area (Å²) in [6.45, 7) is 3.00. The second-order valence-corrected chi connectivity index (χ2v) is 5.45. The Morgan fingerprint density at radius 2 is 1.86 bits per heavy atom. The van der Waals surface area contributed by atoms with Crippen molar-refractivity contribution in [1.29, 1.82) is 0 Å². The smallest absolute Gasteiger partial charge is 0.354 e. The number of likely N-dealkylation sites (N-methyl/N-ethyl adjacent to an activating group) is 1. The minimum absolute atomic E-state index is 0.0427. The molecule has 0 spiro atoms. The van der Waals surface area contributed by atoms with E-state index in [0.29, 0.717) is 38.5 Å². The predicted molar refractivity (Wildman–Crippen MR) is 76.6 cm³/mol. The maximum atomic E-state index is 12.5. The van der Waals surface area contributed by atoms with Crippen LogP contribution in [0.4, 0.5) is 19.0 Å². The minimum Gasteiger partial charge on any atom is -0.354 e. The summed E-state index contributed by atoms with van der Waals surface area (Å²) in [5, 5.41) is 0. The van der Waals surface area contributed by atoms with Crippen LogP contribution in [0.3, 0.4) is 0 Å². The number of anilines is 1. The first-order valence-corrected chi connectivity index (χ1v) is 6.98. The van der Waals surface area contributed by atoms with Gasteiger partial charge < -0.3 is 9.80 Å². The lowest BCUT2D eigenvalue weighted by molar-refractivity contribution is -0.137. The van der Waals surface area contributed by atoms with Gasteiger partial charge >= 0.3 is 6.18 Å². The van der Waals surface area contributed by atoms with E-state index in [1.54, 1.807) is 19.0 Å². The molecule has 0 unspecified atom stereocenters. The number of rotatable bonds is 3. The Morgan fingerprint density at radius 1 is 1.23 bits per heavy atom. The molecule has 0 N–H and O–H groups in total. The van der Waals surface area contributed by atoms with Gasteiger partial charge in [-0.1, -0.05) is 0 Å². The van der Waals surface area contributed by atoms with Gasteiger partial charge in [0.15, 0.2) is 0 Å². The molecule has 0 aliphatic carbocycles. The van der Waals surface area contributed by atoms with Gasteiger partial charge in [-0.25, -0.2) is 4.98 Å². The van der Waals surface area contributed by atoms with Gasteiger partial charge in [-0.15, -0.1) is 0 Å². The number of carbonyl (C=O) groups excluding carboxylic acids is 1. The lowest BCUT2D eigenvalue weighted by Crippen LogP contribution is -2.49. The largest absolute Gasteiger partial charge is 0.417 e. The van der Waals surface area contributed by atoms with Crippen molar-refractivity contribution in [2.45, 2.75) is 6.18 Å². The molecule has 1 aromatic heterocycles. The molecule has 1 aliphatic rings. The standard InChI is InChI=1S/C14H19F3N4O/c1-19(2)13(22)10-20-5-7-21(8-6-20)12-4-3-11(9-18-12)14(15,16)17/h3-4,9H,5-8,10H2,1-2H3. The van der Waals surface area contributed by atoms with Crippen LogP contribution in [0.5, 0.6) is 0 Å². The summed E-state index contributed by atoms with van der Waals surface area (Å²) in [6.07, 6.45) is -3.51. The summed E-state index contributed by atoms with van der Waals surface area (Å²) in [4.78, 5) is 21.0. The van der Waals surface area contributed by atoms with Crippen LogP contribution in [0.2, 0.25) is 0 Å². The zero-order valence-corrected chi connectivity index (χ0v) is 12.6. The van der Waals surface area contributed by atoms with E-state index in [4.69, 9.17) is 0 Å². The number of hydrogen-bond acceptors (Lipinski definition) is 4.